The molecule has 0 aliphatic carbocycles. The van der Waals surface area contributed by atoms with Gasteiger partial charge in [0, 0.05) is 25.3 Å². The van der Waals surface area contributed by atoms with Crippen LogP contribution in [0.4, 0.5) is 5.69 Å². The highest BCUT2D eigenvalue weighted by Gasteiger charge is 2.31. The first-order valence-corrected chi connectivity index (χ1v) is 11.5. The van der Waals surface area contributed by atoms with Gasteiger partial charge in [-0.2, -0.15) is 0 Å². The van der Waals surface area contributed by atoms with Crippen LogP contribution in [0.15, 0.2) is 78.9 Å². The normalized spacial score (nSPS) is 15.7. The average molecular weight is 445 g/mol. The van der Waals surface area contributed by atoms with Crippen molar-refractivity contribution in [3.8, 4) is 5.75 Å². The van der Waals surface area contributed by atoms with E-state index in [0.717, 1.165) is 35.7 Å². The van der Waals surface area contributed by atoms with Gasteiger partial charge in [-0.1, -0.05) is 60.7 Å². The molecule has 0 aromatic heterocycles. The lowest BCUT2D eigenvalue weighted by Crippen LogP contribution is -2.39. The van der Waals surface area contributed by atoms with Gasteiger partial charge in [0.2, 0.25) is 0 Å². The quantitative estimate of drug-likeness (QED) is 0.516. The molecule has 0 amide bonds. The molecule has 1 unspecified atom stereocenters. The molecule has 0 bridgehead atoms. The van der Waals surface area contributed by atoms with Gasteiger partial charge in [-0.15, -0.1) is 0 Å². The molecule has 33 heavy (non-hydrogen) atoms. The molecule has 1 heterocycles. The third kappa shape index (κ3) is 5.55. The van der Waals surface area contributed by atoms with Crippen LogP contribution in [0.25, 0.3) is 0 Å². The SMILES string of the molecule is CN(C)c1ccc(C(c2ccccc2OCc2ccccc2)N2CCC(C(=O)O)CC2)cc1. The van der Waals surface area contributed by atoms with E-state index in [-0.39, 0.29) is 12.0 Å². The molecule has 172 valence electrons. The number of carboxylic acid groups (broad SMARTS) is 1. The Hall–Kier alpha value is -3.31. The van der Waals surface area contributed by atoms with Gasteiger partial charge in [0.15, 0.2) is 0 Å². The van der Waals surface area contributed by atoms with Crippen molar-refractivity contribution in [1.29, 1.82) is 0 Å². The molecule has 1 aliphatic heterocycles. The second-order valence-electron chi connectivity index (χ2n) is 8.85. The van der Waals surface area contributed by atoms with Crippen molar-refractivity contribution in [2.75, 3.05) is 32.1 Å². The highest BCUT2D eigenvalue weighted by atomic mass is 16.5. The second kappa shape index (κ2) is 10.5. The molecule has 1 aliphatic rings. The molecule has 3 aromatic carbocycles. The number of piperidine rings is 1. The number of anilines is 1. The fourth-order valence-corrected chi connectivity index (χ4v) is 4.52. The van der Waals surface area contributed by atoms with E-state index in [4.69, 9.17) is 4.74 Å². The Labute approximate surface area is 196 Å². The Kier molecular flexibility index (Phi) is 7.30. The maximum atomic E-state index is 11.5. The van der Waals surface area contributed by atoms with Crippen LogP contribution in [0.3, 0.4) is 0 Å². The van der Waals surface area contributed by atoms with E-state index in [1.54, 1.807) is 0 Å². The second-order valence-corrected chi connectivity index (χ2v) is 8.85. The van der Waals surface area contributed by atoms with E-state index in [0.29, 0.717) is 19.4 Å². The minimum atomic E-state index is -0.687. The summed E-state index contributed by atoms with van der Waals surface area (Å²) in [5.74, 6) is -0.0841. The Bertz CT molecular complexity index is 1040. The number of ether oxygens (including phenoxy) is 1. The summed E-state index contributed by atoms with van der Waals surface area (Å²) in [5, 5.41) is 9.46. The van der Waals surface area contributed by atoms with Crippen LogP contribution < -0.4 is 9.64 Å². The van der Waals surface area contributed by atoms with Crippen molar-refractivity contribution in [3.05, 3.63) is 95.6 Å². The van der Waals surface area contributed by atoms with Gasteiger partial charge in [0.05, 0.1) is 12.0 Å². The fraction of sp³-hybridized carbons (Fsp3) is 0.321. The van der Waals surface area contributed by atoms with Gasteiger partial charge in [-0.3, -0.25) is 9.69 Å². The summed E-state index contributed by atoms with van der Waals surface area (Å²) in [4.78, 5) is 16.0. The van der Waals surface area contributed by atoms with Gasteiger partial charge in [0.1, 0.15) is 12.4 Å². The summed E-state index contributed by atoms with van der Waals surface area (Å²) in [7, 11) is 4.08. The number of rotatable bonds is 8. The number of benzene rings is 3. The van der Waals surface area contributed by atoms with E-state index in [1.807, 2.05) is 44.4 Å². The van der Waals surface area contributed by atoms with Gasteiger partial charge >= 0.3 is 5.97 Å². The van der Waals surface area contributed by atoms with Crippen LogP contribution in [0, 0.1) is 5.92 Å². The minimum Gasteiger partial charge on any atom is -0.489 e. The summed E-state index contributed by atoms with van der Waals surface area (Å²) in [6, 6.07) is 27.0. The molecule has 0 radical (unpaired) electrons. The van der Waals surface area contributed by atoms with Crippen LogP contribution in [0.2, 0.25) is 0 Å². The predicted molar refractivity (Wildman–Crippen MR) is 132 cm³/mol. The van der Waals surface area contributed by atoms with Crippen LogP contribution >= 0.6 is 0 Å². The number of carbonyl (C=O) groups is 1. The van der Waals surface area contributed by atoms with E-state index in [9.17, 15) is 9.90 Å². The van der Waals surface area contributed by atoms with Gasteiger partial charge in [0.25, 0.3) is 0 Å². The molecular weight excluding hydrogens is 412 g/mol. The Morgan fingerprint density at radius 3 is 2.24 bits per heavy atom. The van der Waals surface area contributed by atoms with Gasteiger partial charge < -0.3 is 14.7 Å². The highest BCUT2D eigenvalue weighted by Crippen LogP contribution is 2.38. The Balaban J connectivity index is 1.65. The summed E-state index contributed by atoms with van der Waals surface area (Å²) < 4.78 is 6.31. The van der Waals surface area contributed by atoms with Crippen LogP contribution in [-0.4, -0.2) is 43.2 Å². The molecule has 0 spiro atoms. The monoisotopic (exact) mass is 444 g/mol. The molecule has 5 nitrogen and oxygen atoms in total. The number of hydrogen-bond acceptors (Lipinski definition) is 4. The van der Waals surface area contributed by atoms with Crippen molar-refractivity contribution < 1.29 is 14.6 Å². The predicted octanol–water partition coefficient (Wildman–Crippen LogP) is 5.22. The molecule has 1 N–H and O–H groups in total. The highest BCUT2D eigenvalue weighted by molar-refractivity contribution is 5.70. The van der Waals surface area contributed by atoms with Crippen molar-refractivity contribution in [3.63, 3.8) is 0 Å². The number of hydrogen-bond donors (Lipinski definition) is 1. The number of nitrogens with zero attached hydrogens (tertiary/aromatic N) is 2. The van der Waals surface area contributed by atoms with E-state index in [1.165, 1.54) is 5.56 Å². The number of aliphatic carboxylic acids is 1. The third-order valence-electron chi connectivity index (χ3n) is 6.42. The number of para-hydroxylation sites is 1. The van der Waals surface area contributed by atoms with E-state index < -0.39 is 5.97 Å². The molecule has 1 atom stereocenters. The Morgan fingerprint density at radius 2 is 1.61 bits per heavy atom. The molecule has 1 fully saturated rings. The smallest absolute Gasteiger partial charge is 0.306 e. The first kappa shape index (κ1) is 22.9. The van der Waals surface area contributed by atoms with Crippen molar-refractivity contribution in [2.45, 2.75) is 25.5 Å². The van der Waals surface area contributed by atoms with Crippen LogP contribution in [0.1, 0.15) is 35.6 Å². The molecule has 3 aromatic rings. The number of carboxylic acids is 1. The maximum Gasteiger partial charge on any atom is 0.306 e. The standard InChI is InChI=1S/C28H32N2O3/c1-29(2)24-14-12-22(13-15-24)27(30-18-16-23(17-19-30)28(31)32)25-10-6-7-11-26(25)33-20-21-8-4-3-5-9-21/h3-15,23,27H,16-20H2,1-2H3,(H,31,32). The summed E-state index contributed by atoms with van der Waals surface area (Å²) in [5.41, 5.74) is 4.57. The largest absolute Gasteiger partial charge is 0.489 e. The van der Waals surface area contributed by atoms with Crippen LogP contribution in [0.5, 0.6) is 5.75 Å². The topological polar surface area (TPSA) is 53.0 Å². The number of likely N-dealkylation sites (tertiary alicyclic amines) is 1. The fourth-order valence-electron chi connectivity index (χ4n) is 4.52. The molecular formula is C28H32N2O3. The lowest BCUT2D eigenvalue weighted by atomic mass is 9.91. The molecule has 4 rings (SSSR count). The summed E-state index contributed by atoms with van der Waals surface area (Å²) in [6.45, 7) is 1.99. The lowest BCUT2D eigenvalue weighted by molar-refractivity contribution is -0.143. The summed E-state index contributed by atoms with van der Waals surface area (Å²) >= 11 is 0. The zero-order chi connectivity index (χ0) is 23.2. The maximum absolute atomic E-state index is 11.5. The summed E-state index contributed by atoms with van der Waals surface area (Å²) in [6.07, 6.45) is 1.32. The zero-order valence-corrected chi connectivity index (χ0v) is 19.4. The van der Waals surface area contributed by atoms with Crippen LogP contribution in [-0.2, 0) is 11.4 Å². The van der Waals surface area contributed by atoms with Gasteiger partial charge in [-0.25, -0.2) is 0 Å². The Morgan fingerprint density at radius 1 is 0.970 bits per heavy atom. The third-order valence-corrected chi connectivity index (χ3v) is 6.42. The molecule has 5 heteroatoms. The van der Waals surface area contributed by atoms with Crippen molar-refractivity contribution in [1.82, 2.24) is 4.90 Å². The average Bonchev–Trinajstić information content (AvgIpc) is 2.85. The van der Waals surface area contributed by atoms with E-state index >= 15 is 0 Å². The van der Waals surface area contributed by atoms with E-state index in [2.05, 4.69) is 58.3 Å². The lowest BCUT2D eigenvalue weighted by Gasteiger charge is -2.37. The van der Waals surface area contributed by atoms with Gasteiger partial charge in [-0.05, 0) is 55.3 Å². The minimum absolute atomic E-state index is 0.00271. The first-order valence-electron chi connectivity index (χ1n) is 11.5. The molecule has 0 saturated carbocycles. The zero-order valence-electron chi connectivity index (χ0n) is 19.4. The first-order chi connectivity index (χ1) is 16.0. The molecule has 1 saturated heterocycles. The van der Waals surface area contributed by atoms with Crippen molar-refractivity contribution in [2.24, 2.45) is 5.92 Å². The van der Waals surface area contributed by atoms with Crippen molar-refractivity contribution >= 4 is 11.7 Å².